The molecule has 0 amide bonds. The number of hydrogen-bond donors (Lipinski definition) is 1. The summed E-state index contributed by atoms with van der Waals surface area (Å²) in [6.45, 7) is 6.98. The van der Waals surface area contributed by atoms with Crippen molar-refractivity contribution in [3.8, 4) is 0 Å². The van der Waals surface area contributed by atoms with Gasteiger partial charge in [-0.2, -0.15) is 13.2 Å². The number of ether oxygens (including phenoxy) is 1. The second-order valence-electron chi connectivity index (χ2n) is 6.02. The highest BCUT2D eigenvalue weighted by Crippen LogP contribution is 2.24. The largest absolute Gasteiger partial charge is 0.414 e. The fraction of sp³-hybridized carbons (Fsp3) is 0.600. The van der Waals surface area contributed by atoms with E-state index in [1.165, 1.54) is 12.1 Å². The summed E-state index contributed by atoms with van der Waals surface area (Å²) in [4.78, 5) is 0. The van der Waals surface area contributed by atoms with Gasteiger partial charge in [-0.25, -0.2) is 4.39 Å². The number of halogens is 4. The maximum absolute atomic E-state index is 13.6. The summed E-state index contributed by atoms with van der Waals surface area (Å²) in [6.07, 6.45) is -6.37. The van der Waals surface area contributed by atoms with Crippen LogP contribution in [-0.2, 0) is 17.9 Å². The van der Waals surface area contributed by atoms with Gasteiger partial charge in [0.2, 0.25) is 0 Å². The van der Waals surface area contributed by atoms with Crippen LogP contribution in [0.2, 0.25) is 0 Å². The Morgan fingerprint density at radius 3 is 2.33 bits per heavy atom. The second kappa shape index (κ2) is 6.75. The minimum Gasteiger partial charge on any atom is -0.364 e. The molecule has 0 heterocycles. The van der Waals surface area contributed by atoms with Crippen LogP contribution in [0.25, 0.3) is 0 Å². The molecule has 1 aromatic rings. The molecule has 1 N–H and O–H groups in total. The maximum atomic E-state index is 13.6. The van der Waals surface area contributed by atoms with E-state index in [2.05, 4.69) is 10.1 Å². The molecule has 1 atom stereocenters. The highest BCUT2D eigenvalue weighted by Gasteiger charge is 2.36. The third-order valence-electron chi connectivity index (χ3n) is 2.88. The van der Waals surface area contributed by atoms with Crippen LogP contribution in [-0.4, -0.2) is 17.8 Å². The lowest BCUT2D eigenvalue weighted by Crippen LogP contribution is -2.35. The van der Waals surface area contributed by atoms with Gasteiger partial charge in [0, 0.05) is 17.6 Å². The molecule has 0 aliphatic carbocycles. The van der Waals surface area contributed by atoms with Gasteiger partial charge < -0.3 is 10.1 Å². The smallest absolute Gasteiger partial charge is 0.364 e. The first-order valence-corrected chi connectivity index (χ1v) is 6.70. The average molecular weight is 307 g/mol. The summed E-state index contributed by atoms with van der Waals surface area (Å²) in [5.74, 6) is -0.566. The first kappa shape index (κ1) is 17.9. The minimum absolute atomic E-state index is 0.101. The second-order valence-corrected chi connectivity index (χ2v) is 6.02. The quantitative estimate of drug-likeness (QED) is 0.824. The molecule has 0 spiro atoms. The van der Waals surface area contributed by atoms with Crippen LogP contribution >= 0.6 is 0 Å². The molecule has 1 unspecified atom stereocenters. The molecule has 0 aliphatic rings. The highest BCUT2D eigenvalue weighted by molar-refractivity contribution is 5.24. The molecular weight excluding hydrogens is 286 g/mol. The van der Waals surface area contributed by atoms with Crippen molar-refractivity contribution in [1.29, 1.82) is 0 Å². The summed E-state index contributed by atoms with van der Waals surface area (Å²) in [7, 11) is 0. The van der Waals surface area contributed by atoms with Gasteiger partial charge in [-0.15, -0.1) is 0 Å². The van der Waals surface area contributed by atoms with E-state index < -0.39 is 24.7 Å². The SMILES string of the molecule is CC(OCc1cc(CNC(C)(C)C)ccc1F)C(F)(F)F. The Morgan fingerprint density at radius 2 is 1.81 bits per heavy atom. The Morgan fingerprint density at radius 1 is 1.19 bits per heavy atom. The van der Waals surface area contributed by atoms with Crippen molar-refractivity contribution in [2.45, 2.75) is 58.7 Å². The summed E-state index contributed by atoms with van der Waals surface area (Å²) < 4.78 is 55.4. The lowest BCUT2D eigenvalue weighted by Gasteiger charge is -2.21. The van der Waals surface area contributed by atoms with Crippen molar-refractivity contribution in [1.82, 2.24) is 5.32 Å². The molecule has 0 saturated carbocycles. The number of nitrogens with one attached hydrogen (secondary N) is 1. The molecule has 2 nitrogen and oxygen atoms in total. The fourth-order valence-corrected chi connectivity index (χ4v) is 1.53. The van der Waals surface area contributed by atoms with Crippen LogP contribution in [0.3, 0.4) is 0 Å². The summed E-state index contributed by atoms with van der Waals surface area (Å²) in [5, 5.41) is 3.23. The standard InChI is InChI=1S/C15H21F4NO/c1-10(15(17,18)19)21-9-12-7-11(5-6-13(12)16)8-20-14(2,3)4/h5-7,10,20H,8-9H2,1-4H3. The third-order valence-corrected chi connectivity index (χ3v) is 2.88. The van der Waals surface area contributed by atoms with Gasteiger partial charge in [0.05, 0.1) is 6.61 Å². The van der Waals surface area contributed by atoms with Gasteiger partial charge in [0.1, 0.15) is 5.82 Å². The van der Waals surface area contributed by atoms with Gasteiger partial charge >= 0.3 is 6.18 Å². The lowest BCUT2D eigenvalue weighted by molar-refractivity contribution is -0.217. The van der Waals surface area contributed by atoms with Crippen LogP contribution in [0, 0.1) is 5.82 Å². The topological polar surface area (TPSA) is 21.3 Å². The first-order valence-electron chi connectivity index (χ1n) is 6.70. The fourth-order valence-electron chi connectivity index (χ4n) is 1.53. The molecule has 1 aromatic carbocycles. The van der Waals surface area contributed by atoms with Gasteiger partial charge in [-0.1, -0.05) is 6.07 Å². The normalized spacial score (nSPS) is 14.3. The molecule has 120 valence electrons. The lowest BCUT2D eigenvalue weighted by atomic mass is 10.1. The van der Waals surface area contributed by atoms with E-state index in [4.69, 9.17) is 0 Å². The average Bonchev–Trinajstić information content (AvgIpc) is 2.33. The van der Waals surface area contributed by atoms with Crippen LogP contribution < -0.4 is 5.32 Å². The summed E-state index contributed by atoms with van der Waals surface area (Å²) in [5.41, 5.74) is 0.819. The van der Waals surface area contributed by atoms with Crippen LogP contribution in [0.15, 0.2) is 18.2 Å². The molecule has 0 aliphatic heterocycles. The highest BCUT2D eigenvalue weighted by atomic mass is 19.4. The van der Waals surface area contributed by atoms with Gasteiger partial charge in [0.25, 0.3) is 0 Å². The van der Waals surface area contributed by atoms with Crippen molar-refractivity contribution >= 4 is 0 Å². The number of alkyl halides is 3. The van der Waals surface area contributed by atoms with Crippen molar-refractivity contribution < 1.29 is 22.3 Å². The zero-order valence-electron chi connectivity index (χ0n) is 12.6. The van der Waals surface area contributed by atoms with Crippen molar-refractivity contribution in [3.05, 3.63) is 35.1 Å². The van der Waals surface area contributed by atoms with E-state index in [-0.39, 0.29) is 11.1 Å². The molecular formula is C15H21F4NO. The predicted molar refractivity (Wildman–Crippen MR) is 73.3 cm³/mol. The van der Waals surface area contributed by atoms with E-state index in [9.17, 15) is 17.6 Å². The molecule has 21 heavy (non-hydrogen) atoms. The Hall–Kier alpha value is -1.14. The molecule has 0 aromatic heterocycles. The number of benzene rings is 1. The van der Waals surface area contributed by atoms with Gasteiger partial charge in [0.15, 0.2) is 6.10 Å². The Labute approximate surface area is 122 Å². The van der Waals surface area contributed by atoms with E-state index >= 15 is 0 Å². The van der Waals surface area contributed by atoms with Crippen LogP contribution in [0.5, 0.6) is 0 Å². The maximum Gasteiger partial charge on any atom is 0.414 e. The van der Waals surface area contributed by atoms with Gasteiger partial charge in [-0.3, -0.25) is 0 Å². The minimum atomic E-state index is -4.44. The predicted octanol–water partition coefficient (Wildman–Crippen LogP) is 4.18. The number of rotatable bonds is 5. The Balaban J connectivity index is 2.70. The van der Waals surface area contributed by atoms with E-state index in [0.717, 1.165) is 12.5 Å². The van der Waals surface area contributed by atoms with E-state index in [1.54, 1.807) is 6.07 Å². The van der Waals surface area contributed by atoms with Crippen molar-refractivity contribution in [2.75, 3.05) is 0 Å². The summed E-state index contributed by atoms with van der Waals surface area (Å²) >= 11 is 0. The zero-order valence-corrected chi connectivity index (χ0v) is 12.6. The zero-order chi connectivity index (χ0) is 16.3. The Kier molecular flexibility index (Phi) is 5.75. The molecule has 0 saturated heterocycles. The first-order chi connectivity index (χ1) is 9.49. The monoisotopic (exact) mass is 307 g/mol. The van der Waals surface area contributed by atoms with E-state index in [1.807, 2.05) is 20.8 Å². The van der Waals surface area contributed by atoms with Gasteiger partial charge in [-0.05, 0) is 45.4 Å². The molecule has 1 rings (SSSR count). The summed E-state index contributed by atoms with van der Waals surface area (Å²) in [6, 6.07) is 4.37. The molecule has 0 radical (unpaired) electrons. The van der Waals surface area contributed by atoms with Crippen molar-refractivity contribution in [3.63, 3.8) is 0 Å². The van der Waals surface area contributed by atoms with E-state index in [0.29, 0.717) is 6.54 Å². The molecule has 0 fully saturated rings. The molecule has 6 heteroatoms. The molecule has 0 bridgehead atoms. The third kappa shape index (κ3) is 6.44. The Bertz CT molecular complexity index is 466. The van der Waals surface area contributed by atoms with Crippen LogP contribution in [0.1, 0.15) is 38.8 Å². The van der Waals surface area contributed by atoms with Crippen LogP contribution in [0.4, 0.5) is 17.6 Å². The van der Waals surface area contributed by atoms with Crippen molar-refractivity contribution in [2.24, 2.45) is 0 Å². The number of hydrogen-bond acceptors (Lipinski definition) is 2.